The first-order valence-corrected chi connectivity index (χ1v) is 6.87. The van der Waals surface area contributed by atoms with E-state index in [1.807, 2.05) is 12.1 Å². The Labute approximate surface area is 129 Å². The lowest BCUT2D eigenvalue weighted by Gasteiger charge is -2.06. The van der Waals surface area contributed by atoms with Crippen molar-refractivity contribution < 1.29 is 13.2 Å². The smallest absolute Gasteiger partial charge is 0.265 e. The molecular weight excluding hydrogens is 307 g/mol. The summed E-state index contributed by atoms with van der Waals surface area (Å²) >= 11 is 0. The Kier molecular flexibility index (Phi) is 4.05. The zero-order valence-corrected chi connectivity index (χ0v) is 11.9. The summed E-state index contributed by atoms with van der Waals surface area (Å²) in [6, 6.07) is 8.64. The maximum Gasteiger partial charge on any atom is 0.416 e. The van der Waals surface area contributed by atoms with Gasteiger partial charge in [-0.15, -0.1) is 10.2 Å². The van der Waals surface area contributed by atoms with Crippen LogP contribution in [0.3, 0.4) is 0 Å². The molecule has 0 aliphatic rings. The molecule has 0 fully saturated rings. The van der Waals surface area contributed by atoms with E-state index in [4.69, 9.17) is 0 Å². The van der Waals surface area contributed by atoms with Crippen LogP contribution in [0.2, 0.25) is 0 Å². The molecule has 0 N–H and O–H groups in total. The lowest BCUT2D eigenvalue weighted by atomic mass is 10.1. The third-order valence-electron chi connectivity index (χ3n) is 3.25. The zero-order valence-electron chi connectivity index (χ0n) is 11.9. The highest BCUT2D eigenvalue weighted by atomic mass is 19.4. The fraction of sp³-hybridized carbons (Fsp3) is 0.200. The molecule has 23 heavy (non-hydrogen) atoms. The summed E-state index contributed by atoms with van der Waals surface area (Å²) in [6.45, 7) is 0.482. The van der Waals surface area contributed by atoms with E-state index in [9.17, 15) is 13.2 Å². The minimum Gasteiger partial charge on any atom is -0.265 e. The summed E-state index contributed by atoms with van der Waals surface area (Å²) in [5.41, 5.74) is 0.621. The number of pyridine rings is 1. The Morgan fingerprint density at radius 1 is 1.04 bits per heavy atom. The molecule has 2 heterocycles. The second-order valence-corrected chi connectivity index (χ2v) is 4.89. The van der Waals surface area contributed by atoms with Gasteiger partial charge in [0, 0.05) is 18.0 Å². The lowest BCUT2D eigenvalue weighted by Crippen LogP contribution is -2.06. The number of hydrogen-bond acceptors (Lipinski definition) is 4. The van der Waals surface area contributed by atoms with Crippen molar-refractivity contribution in [1.29, 1.82) is 0 Å². The number of rotatable bonds is 4. The first-order chi connectivity index (χ1) is 11.0. The number of alkyl halides is 3. The van der Waals surface area contributed by atoms with E-state index in [2.05, 4.69) is 20.4 Å². The molecule has 0 atom stereocenters. The van der Waals surface area contributed by atoms with Crippen LogP contribution in [0.1, 0.15) is 11.1 Å². The molecular formula is C15H12F3N5. The fourth-order valence-electron chi connectivity index (χ4n) is 2.07. The molecule has 0 amide bonds. The summed E-state index contributed by atoms with van der Waals surface area (Å²) in [6.07, 6.45) is -0.329. The highest BCUT2D eigenvalue weighted by molar-refractivity contribution is 5.55. The van der Waals surface area contributed by atoms with Gasteiger partial charge >= 0.3 is 6.18 Å². The van der Waals surface area contributed by atoms with Gasteiger partial charge in [0.1, 0.15) is 0 Å². The number of tetrazole rings is 1. The van der Waals surface area contributed by atoms with Gasteiger partial charge in [0.2, 0.25) is 5.82 Å². The molecule has 5 nitrogen and oxygen atoms in total. The zero-order chi connectivity index (χ0) is 16.3. The van der Waals surface area contributed by atoms with Gasteiger partial charge in [-0.2, -0.15) is 18.0 Å². The molecule has 0 radical (unpaired) electrons. The van der Waals surface area contributed by atoms with E-state index >= 15 is 0 Å². The number of hydrogen-bond donors (Lipinski definition) is 0. The van der Waals surface area contributed by atoms with Crippen molar-refractivity contribution in [2.45, 2.75) is 19.1 Å². The van der Waals surface area contributed by atoms with Crippen molar-refractivity contribution >= 4 is 0 Å². The van der Waals surface area contributed by atoms with Crippen LogP contribution in [0, 0.1) is 0 Å². The highest BCUT2D eigenvalue weighted by Gasteiger charge is 2.30. The Bertz CT molecular complexity index is 783. The van der Waals surface area contributed by atoms with Crippen LogP contribution in [-0.4, -0.2) is 25.2 Å². The van der Waals surface area contributed by atoms with E-state index in [0.717, 1.165) is 17.7 Å². The predicted molar refractivity (Wildman–Crippen MR) is 76.2 cm³/mol. The minimum atomic E-state index is -4.40. The van der Waals surface area contributed by atoms with Crippen LogP contribution in [-0.2, 0) is 19.1 Å². The Morgan fingerprint density at radius 2 is 1.83 bits per heavy atom. The topological polar surface area (TPSA) is 56.5 Å². The van der Waals surface area contributed by atoms with E-state index in [1.165, 1.54) is 16.9 Å². The molecule has 0 unspecified atom stereocenters. The van der Waals surface area contributed by atoms with E-state index in [-0.39, 0.29) is 11.4 Å². The second-order valence-electron chi connectivity index (χ2n) is 4.89. The Morgan fingerprint density at radius 3 is 2.57 bits per heavy atom. The van der Waals surface area contributed by atoms with Gasteiger partial charge in [-0.3, -0.25) is 4.98 Å². The maximum atomic E-state index is 12.7. The minimum absolute atomic E-state index is 0.172. The number of halogens is 3. The molecule has 118 valence electrons. The number of benzene rings is 1. The summed E-state index contributed by atoms with van der Waals surface area (Å²) in [4.78, 5) is 5.30. The highest BCUT2D eigenvalue weighted by Crippen LogP contribution is 2.31. The van der Waals surface area contributed by atoms with Gasteiger partial charge in [-0.05, 0) is 41.5 Å². The fourth-order valence-corrected chi connectivity index (χ4v) is 2.07. The SMILES string of the molecule is FC(F)(F)c1cccc(-c2nnn(CCc3ccncc3)n2)c1. The predicted octanol–water partition coefficient (Wildman–Crippen LogP) is 3.00. The monoisotopic (exact) mass is 319 g/mol. The Hall–Kier alpha value is -2.77. The van der Waals surface area contributed by atoms with Gasteiger partial charge in [-0.25, -0.2) is 0 Å². The van der Waals surface area contributed by atoms with Crippen LogP contribution in [0.15, 0.2) is 48.8 Å². The van der Waals surface area contributed by atoms with Gasteiger partial charge in [-0.1, -0.05) is 12.1 Å². The van der Waals surface area contributed by atoms with Crippen LogP contribution in [0.25, 0.3) is 11.4 Å². The summed E-state index contributed by atoms with van der Waals surface area (Å²) in [5, 5.41) is 11.8. The number of aromatic nitrogens is 5. The third kappa shape index (κ3) is 3.71. The van der Waals surface area contributed by atoms with Crippen LogP contribution < -0.4 is 0 Å². The largest absolute Gasteiger partial charge is 0.416 e. The molecule has 0 saturated heterocycles. The van der Waals surface area contributed by atoms with Crippen molar-refractivity contribution in [2.75, 3.05) is 0 Å². The average molecular weight is 319 g/mol. The molecule has 3 rings (SSSR count). The standard InChI is InChI=1S/C15H12F3N5/c16-15(17,18)13-3-1-2-12(10-13)14-20-22-23(21-14)9-6-11-4-7-19-8-5-11/h1-5,7-8,10H,6,9H2. The van der Waals surface area contributed by atoms with Crippen molar-refractivity contribution in [3.8, 4) is 11.4 Å². The van der Waals surface area contributed by atoms with Crippen molar-refractivity contribution in [3.63, 3.8) is 0 Å². The van der Waals surface area contributed by atoms with Gasteiger partial charge < -0.3 is 0 Å². The first-order valence-electron chi connectivity index (χ1n) is 6.87. The molecule has 3 aromatic rings. The van der Waals surface area contributed by atoms with Crippen LogP contribution in [0.4, 0.5) is 13.2 Å². The molecule has 0 aliphatic carbocycles. The van der Waals surface area contributed by atoms with Gasteiger partial charge in [0.15, 0.2) is 0 Å². The summed E-state index contributed by atoms with van der Waals surface area (Å²) in [7, 11) is 0. The van der Waals surface area contributed by atoms with Gasteiger partial charge in [0.25, 0.3) is 0 Å². The quantitative estimate of drug-likeness (QED) is 0.742. The molecule has 8 heteroatoms. The van der Waals surface area contributed by atoms with E-state index in [0.29, 0.717) is 13.0 Å². The van der Waals surface area contributed by atoms with Crippen molar-refractivity contribution in [2.24, 2.45) is 0 Å². The second kappa shape index (κ2) is 6.15. The van der Waals surface area contributed by atoms with E-state index < -0.39 is 11.7 Å². The molecule has 0 saturated carbocycles. The van der Waals surface area contributed by atoms with Gasteiger partial charge in [0.05, 0.1) is 12.1 Å². The Balaban J connectivity index is 1.74. The van der Waals surface area contributed by atoms with E-state index in [1.54, 1.807) is 12.4 Å². The third-order valence-corrected chi connectivity index (χ3v) is 3.25. The molecule has 2 aromatic heterocycles. The summed E-state index contributed by atoms with van der Waals surface area (Å²) in [5.74, 6) is 0.172. The molecule has 0 spiro atoms. The number of aryl methyl sites for hydroxylation is 2. The number of nitrogens with zero attached hydrogens (tertiary/aromatic N) is 5. The maximum absolute atomic E-state index is 12.7. The average Bonchev–Trinajstić information content (AvgIpc) is 3.02. The summed E-state index contributed by atoms with van der Waals surface area (Å²) < 4.78 is 38.2. The lowest BCUT2D eigenvalue weighted by molar-refractivity contribution is -0.137. The molecule has 1 aromatic carbocycles. The first kappa shape index (κ1) is 15.1. The normalized spacial score (nSPS) is 11.6. The molecule has 0 aliphatic heterocycles. The van der Waals surface area contributed by atoms with Crippen LogP contribution >= 0.6 is 0 Å². The van der Waals surface area contributed by atoms with Crippen molar-refractivity contribution in [1.82, 2.24) is 25.2 Å². The molecule has 0 bridgehead atoms. The van der Waals surface area contributed by atoms with Crippen molar-refractivity contribution in [3.05, 3.63) is 59.9 Å². The van der Waals surface area contributed by atoms with Crippen LogP contribution in [0.5, 0.6) is 0 Å².